The number of alkyl halides is 1. The fraction of sp³-hybridized carbons (Fsp3) is 0.462. The van der Waals surface area contributed by atoms with E-state index in [0.29, 0.717) is 36.3 Å². The topological polar surface area (TPSA) is 29.5 Å². The lowest BCUT2D eigenvalue weighted by Crippen LogP contribution is -2.34. The summed E-state index contributed by atoms with van der Waals surface area (Å²) < 4.78 is 5.25. The molecule has 0 aromatic heterocycles. The van der Waals surface area contributed by atoms with Crippen molar-refractivity contribution in [1.29, 1.82) is 0 Å². The number of ether oxygens (including phenoxy) is 1. The Labute approximate surface area is 128 Å². The summed E-state index contributed by atoms with van der Waals surface area (Å²) in [5, 5.41) is 1.08. The van der Waals surface area contributed by atoms with E-state index in [1.54, 1.807) is 23.1 Å². The first-order chi connectivity index (χ1) is 9.10. The number of amides is 1. The number of hydrogen-bond donors (Lipinski definition) is 0. The average Bonchev–Trinajstić information content (AvgIpc) is 2.40. The summed E-state index contributed by atoms with van der Waals surface area (Å²) in [5.74, 6) is -0.244. The predicted octanol–water partition coefficient (Wildman–Crippen LogP) is 3.60. The lowest BCUT2D eigenvalue weighted by molar-refractivity contribution is -0.129. The van der Waals surface area contributed by atoms with Crippen molar-refractivity contribution in [2.45, 2.75) is 13.5 Å². The Balaban J connectivity index is 2.79. The second kappa shape index (κ2) is 8.64. The van der Waals surface area contributed by atoms with Crippen molar-refractivity contribution >= 4 is 40.7 Å². The van der Waals surface area contributed by atoms with Crippen LogP contribution in [0.15, 0.2) is 18.2 Å². The zero-order valence-electron chi connectivity index (χ0n) is 10.7. The van der Waals surface area contributed by atoms with Gasteiger partial charge in [-0.05, 0) is 19.1 Å². The van der Waals surface area contributed by atoms with Crippen molar-refractivity contribution in [3.63, 3.8) is 0 Å². The fourth-order valence-corrected chi connectivity index (χ4v) is 2.26. The number of halogens is 3. The van der Waals surface area contributed by atoms with Gasteiger partial charge in [-0.15, -0.1) is 11.6 Å². The molecule has 0 heterocycles. The Hall–Kier alpha value is -0.480. The van der Waals surface area contributed by atoms with Crippen molar-refractivity contribution in [1.82, 2.24) is 4.90 Å². The molecule has 1 amide bonds. The van der Waals surface area contributed by atoms with Crippen molar-refractivity contribution in [2.24, 2.45) is 0 Å². The third kappa shape index (κ3) is 5.19. The molecule has 0 aliphatic carbocycles. The van der Waals surface area contributed by atoms with Crippen LogP contribution in [0.2, 0.25) is 10.0 Å². The predicted molar refractivity (Wildman–Crippen MR) is 79.1 cm³/mol. The van der Waals surface area contributed by atoms with Crippen LogP contribution in [0.4, 0.5) is 0 Å². The van der Waals surface area contributed by atoms with Gasteiger partial charge in [-0.2, -0.15) is 0 Å². The van der Waals surface area contributed by atoms with E-state index in [4.69, 9.17) is 39.5 Å². The maximum Gasteiger partial charge on any atom is 0.237 e. The molecular formula is C13H16Cl3NO2. The van der Waals surface area contributed by atoms with Gasteiger partial charge in [0.05, 0.1) is 6.61 Å². The first-order valence-corrected chi connectivity index (χ1v) is 7.23. The second-order valence-corrected chi connectivity index (χ2v) is 4.93. The van der Waals surface area contributed by atoms with E-state index >= 15 is 0 Å². The molecule has 1 aromatic carbocycles. The van der Waals surface area contributed by atoms with Crippen LogP contribution in [0.3, 0.4) is 0 Å². The van der Waals surface area contributed by atoms with Gasteiger partial charge >= 0.3 is 0 Å². The van der Waals surface area contributed by atoms with Gasteiger partial charge in [0.25, 0.3) is 0 Å². The summed E-state index contributed by atoms with van der Waals surface area (Å²) in [6.45, 7) is 3.76. The zero-order valence-corrected chi connectivity index (χ0v) is 12.9. The highest BCUT2D eigenvalue weighted by atomic mass is 35.5. The summed E-state index contributed by atoms with van der Waals surface area (Å²) >= 11 is 17.8. The average molecular weight is 325 g/mol. The van der Waals surface area contributed by atoms with Crippen LogP contribution in [0.1, 0.15) is 12.5 Å². The second-order valence-electron chi connectivity index (χ2n) is 3.85. The summed E-state index contributed by atoms with van der Waals surface area (Å²) in [6, 6.07) is 5.26. The number of carbonyl (C=O) groups excluding carboxylic acids is 1. The van der Waals surface area contributed by atoms with Gasteiger partial charge in [-0.1, -0.05) is 29.3 Å². The molecule has 0 saturated heterocycles. The minimum Gasteiger partial charge on any atom is -0.380 e. The quantitative estimate of drug-likeness (QED) is 0.566. The molecule has 0 radical (unpaired) electrons. The summed E-state index contributed by atoms with van der Waals surface area (Å²) in [4.78, 5) is 13.4. The van der Waals surface area contributed by atoms with Crippen molar-refractivity contribution in [3.8, 4) is 0 Å². The number of hydrogen-bond acceptors (Lipinski definition) is 2. The third-order valence-corrected chi connectivity index (χ3v) is 3.52. The Morgan fingerprint density at radius 2 is 1.95 bits per heavy atom. The van der Waals surface area contributed by atoms with Crippen molar-refractivity contribution in [2.75, 3.05) is 25.6 Å². The maximum atomic E-state index is 11.8. The largest absolute Gasteiger partial charge is 0.380 e. The van der Waals surface area contributed by atoms with Crippen LogP contribution in [-0.2, 0) is 16.1 Å². The molecule has 0 aliphatic heterocycles. The molecule has 0 atom stereocenters. The molecule has 0 fully saturated rings. The lowest BCUT2D eigenvalue weighted by Gasteiger charge is -2.23. The summed E-state index contributed by atoms with van der Waals surface area (Å²) in [7, 11) is 0. The summed E-state index contributed by atoms with van der Waals surface area (Å²) in [6.07, 6.45) is 0. The van der Waals surface area contributed by atoms with Crippen LogP contribution >= 0.6 is 34.8 Å². The Kier molecular flexibility index (Phi) is 7.54. The molecule has 6 heteroatoms. The Morgan fingerprint density at radius 3 is 2.47 bits per heavy atom. The number of rotatable bonds is 7. The minimum atomic E-state index is -0.169. The highest BCUT2D eigenvalue weighted by Crippen LogP contribution is 2.25. The molecule has 0 N–H and O–H groups in total. The SMILES string of the molecule is CCOCCN(Cc1c(Cl)cccc1Cl)C(=O)CCl. The minimum absolute atomic E-state index is 0.0752. The summed E-state index contributed by atoms with van der Waals surface area (Å²) in [5.41, 5.74) is 0.723. The van der Waals surface area contributed by atoms with E-state index in [2.05, 4.69) is 0 Å². The van der Waals surface area contributed by atoms with Gasteiger partial charge in [0.1, 0.15) is 5.88 Å². The van der Waals surface area contributed by atoms with E-state index < -0.39 is 0 Å². The van der Waals surface area contributed by atoms with Gasteiger partial charge in [0.15, 0.2) is 0 Å². The molecule has 1 aromatic rings. The molecule has 0 unspecified atom stereocenters. The van der Waals surface area contributed by atoms with E-state index in [0.717, 1.165) is 5.56 Å². The van der Waals surface area contributed by atoms with E-state index in [1.807, 2.05) is 6.92 Å². The molecule has 0 bridgehead atoms. The first kappa shape index (κ1) is 16.6. The Bertz CT molecular complexity index is 406. The van der Waals surface area contributed by atoms with Crippen molar-refractivity contribution < 1.29 is 9.53 Å². The van der Waals surface area contributed by atoms with Gasteiger partial charge in [0.2, 0.25) is 5.91 Å². The standard InChI is InChI=1S/C13H16Cl3NO2/c1-2-19-7-6-17(13(18)8-14)9-10-11(15)4-3-5-12(10)16/h3-5H,2,6-9H2,1H3. The third-order valence-electron chi connectivity index (χ3n) is 2.59. The Morgan fingerprint density at radius 1 is 1.32 bits per heavy atom. The highest BCUT2D eigenvalue weighted by molar-refractivity contribution is 6.36. The zero-order chi connectivity index (χ0) is 14.3. The normalized spacial score (nSPS) is 10.5. The van der Waals surface area contributed by atoms with E-state index in [9.17, 15) is 4.79 Å². The van der Waals surface area contributed by atoms with Crippen LogP contribution in [0, 0.1) is 0 Å². The molecule has 0 saturated carbocycles. The monoisotopic (exact) mass is 323 g/mol. The van der Waals surface area contributed by atoms with Crippen LogP contribution in [-0.4, -0.2) is 36.4 Å². The number of carbonyl (C=O) groups is 1. The number of benzene rings is 1. The lowest BCUT2D eigenvalue weighted by atomic mass is 10.2. The molecule has 3 nitrogen and oxygen atoms in total. The van der Waals surface area contributed by atoms with Crippen LogP contribution < -0.4 is 0 Å². The maximum absolute atomic E-state index is 11.8. The smallest absolute Gasteiger partial charge is 0.237 e. The molecule has 19 heavy (non-hydrogen) atoms. The number of nitrogens with zero attached hydrogens (tertiary/aromatic N) is 1. The molecule has 106 valence electrons. The highest BCUT2D eigenvalue weighted by Gasteiger charge is 2.16. The molecule has 0 spiro atoms. The first-order valence-electron chi connectivity index (χ1n) is 5.94. The fourth-order valence-electron chi connectivity index (χ4n) is 1.57. The van der Waals surface area contributed by atoms with E-state index in [1.165, 1.54) is 0 Å². The van der Waals surface area contributed by atoms with E-state index in [-0.39, 0.29) is 11.8 Å². The van der Waals surface area contributed by atoms with Crippen molar-refractivity contribution in [3.05, 3.63) is 33.8 Å². The van der Waals surface area contributed by atoms with Gasteiger partial charge in [0, 0.05) is 35.3 Å². The molecule has 0 aliphatic rings. The van der Waals surface area contributed by atoms with Crippen LogP contribution in [0.25, 0.3) is 0 Å². The van der Waals surface area contributed by atoms with Crippen LogP contribution in [0.5, 0.6) is 0 Å². The van der Waals surface area contributed by atoms with Gasteiger partial charge in [-0.25, -0.2) is 0 Å². The van der Waals surface area contributed by atoms with Gasteiger partial charge in [-0.3, -0.25) is 4.79 Å². The molecular weight excluding hydrogens is 309 g/mol. The molecule has 1 rings (SSSR count). The van der Waals surface area contributed by atoms with Gasteiger partial charge < -0.3 is 9.64 Å².